The lowest BCUT2D eigenvalue weighted by Crippen LogP contribution is -2.30. The van der Waals surface area contributed by atoms with Gasteiger partial charge < -0.3 is 10.1 Å². The van der Waals surface area contributed by atoms with Crippen molar-refractivity contribution in [2.45, 2.75) is 19.4 Å². The van der Waals surface area contributed by atoms with E-state index >= 15 is 0 Å². The van der Waals surface area contributed by atoms with Crippen LogP contribution in [0.1, 0.15) is 34.3 Å². The lowest BCUT2D eigenvalue weighted by molar-refractivity contribution is 0.0952. The molecule has 0 radical (unpaired) electrons. The Morgan fingerprint density at radius 2 is 2.21 bits per heavy atom. The normalized spacial score (nSPS) is 16.1. The fraction of sp³-hybridized carbons (Fsp3) is 0.185. The third-order valence-electron chi connectivity index (χ3n) is 5.52. The second kappa shape index (κ2) is 10.0. The number of nitriles is 1. The van der Waals surface area contributed by atoms with Crippen molar-refractivity contribution in [3.05, 3.63) is 94.3 Å². The van der Waals surface area contributed by atoms with Crippen LogP contribution >= 0.6 is 0 Å². The molecule has 4 rings (SSSR count). The molecule has 33 heavy (non-hydrogen) atoms. The maximum atomic E-state index is 12.7. The number of aromatic nitrogens is 2. The molecule has 0 bridgehead atoms. The molecule has 6 heteroatoms. The van der Waals surface area contributed by atoms with E-state index in [0.717, 1.165) is 38.5 Å². The van der Waals surface area contributed by atoms with Crippen LogP contribution in [-0.4, -0.2) is 29.0 Å². The van der Waals surface area contributed by atoms with Crippen LogP contribution in [0.15, 0.2) is 67.0 Å². The van der Waals surface area contributed by atoms with Crippen molar-refractivity contribution in [3.63, 3.8) is 0 Å². The van der Waals surface area contributed by atoms with E-state index in [1.807, 2.05) is 49.4 Å². The monoisotopic (exact) mass is 436 g/mol. The molecule has 0 aliphatic carbocycles. The minimum atomic E-state index is -0.355. The summed E-state index contributed by atoms with van der Waals surface area (Å²) in [6.07, 6.45) is 7.37. The van der Waals surface area contributed by atoms with Gasteiger partial charge >= 0.3 is 0 Å². The number of benzene rings is 1. The van der Waals surface area contributed by atoms with Crippen LogP contribution in [0, 0.1) is 11.3 Å². The standard InChI is InChI=1S/C27H24N4O2/c1-3-19-8-9-25(21-5-4-10-29-15-21)31-26(19)11-18(2)14-30-27(32)20-6-7-22-16-33-17-23(13-28)24(22)12-20/h3-12,15,23H,2,14,16-17H2,1H3,(H,30,32)/b19-3-,26-11+. The van der Waals surface area contributed by atoms with Crippen LogP contribution in [0.25, 0.3) is 23.4 Å². The summed E-state index contributed by atoms with van der Waals surface area (Å²) >= 11 is 0. The maximum Gasteiger partial charge on any atom is 0.251 e. The van der Waals surface area contributed by atoms with Crippen LogP contribution in [-0.2, 0) is 11.3 Å². The van der Waals surface area contributed by atoms with Crippen molar-refractivity contribution in [2.75, 3.05) is 13.2 Å². The number of nitrogens with zero attached hydrogens (tertiary/aromatic N) is 3. The molecule has 3 aromatic rings. The zero-order chi connectivity index (χ0) is 23.2. The van der Waals surface area contributed by atoms with Gasteiger partial charge in [-0.2, -0.15) is 5.26 Å². The van der Waals surface area contributed by atoms with E-state index in [1.54, 1.807) is 24.5 Å². The van der Waals surface area contributed by atoms with Crippen molar-refractivity contribution in [3.8, 4) is 17.3 Å². The Bertz CT molecular complexity index is 1360. The molecule has 1 aromatic carbocycles. The highest BCUT2D eigenvalue weighted by Crippen LogP contribution is 2.27. The van der Waals surface area contributed by atoms with Crippen molar-refractivity contribution in [1.29, 1.82) is 5.26 Å². The van der Waals surface area contributed by atoms with Gasteiger partial charge in [0, 0.05) is 30.1 Å². The molecular weight excluding hydrogens is 412 g/mol. The van der Waals surface area contributed by atoms with Gasteiger partial charge in [0.25, 0.3) is 5.91 Å². The highest BCUT2D eigenvalue weighted by atomic mass is 16.5. The summed E-state index contributed by atoms with van der Waals surface area (Å²) in [5, 5.41) is 14.0. The Kier molecular flexibility index (Phi) is 6.72. The van der Waals surface area contributed by atoms with Crippen LogP contribution < -0.4 is 15.9 Å². The minimum absolute atomic E-state index is 0.213. The number of carbonyl (C=O) groups is 1. The molecule has 1 N–H and O–H groups in total. The quantitative estimate of drug-likeness (QED) is 0.665. The molecule has 1 atom stereocenters. The molecule has 3 heterocycles. The lowest BCUT2D eigenvalue weighted by Gasteiger charge is -2.21. The predicted molar refractivity (Wildman–Crippen MR) is 127 cm³/mol. The summed E-state index contributed by atoms with van der Waals surface area (Å²) in [5.41, 5.74) is 4.81. The number of rotatable bonds is 5. The Morgan fingerprint density at radius 3 is 2.97 bits per heavy atom. The van der Waals surface area contributed by atoms with E-state index in [0.29, 0.717) is 18.8 Å². The number of hydrogen-bond donors (Lipinski definition) is 1. The Labute approximate surface area is 192 Å². The molecule has 164 valence electrons. The number of ether oxygens (including phenoxy) is 1. The first-order chi connectivity index (χ1) is 16.1. The molecule has 6 nitrogen and oxygen atoms in total. The summed E-state index contributed by atoms with van der Waals surface area (Å²) in [7, 11) is 0. The minimum Gasteiger partial charge on any atom is -0.375 e. The number of hydrogen-bond acceptors (Lipinski definition) is 5. The molecule has 1 amide bonds. The van der Waals surface area contributed by atoms with Crippen LogP contribution in [0.4, 0.5) is 0 Å². The van der Waals surface area contributed by atoms with E-state index in [-0.39, 0.29) is 18.4 Å². The summed E-state index contributed by atoms with van der Waals surface area (Å²) in [4.78, 5) is 21.7. The van der Waals surface area contributed by atoms with E-state index in [9.17, 15) is 10.1 Å². The molecular formula is C27H24N4O2. The largest absolute Gasteiger partial charge is 0.375 e. The van der Waals surface area contributed by atoms with E-state index in [4.69, 9.17) is 9.72 Å². The van der Waals surface area contributed by atoms with Gasteiger partial charge in [0.1, 0.15) is 0 Å². The van der Waals surface area contributed by atoms with Gasteiger partial charge in [-0.15, -0.1) is 0 Å². The molecule has 1 aliphatic rings. The smallest absolute Gasteiger partial charge is 0.251 e. The zero-order valence-electron chi connectivity index (χ0n) is 18.4. The Morgan fingerprint density at radius 1 is 1.33 bits per heavy atom. The van der Waals surface area contributed by atoms with E-state index < -0.39 is 0 Å². The second-order valence-electron chi connectivity index (χ2n) is 7.80. The zero-order valence-corrected chi connectivity index (χ0v) is 18.4. The number of pyridine rings is 2. The highest BCUT2D eigenvalue weighted by molar-refractivity contribution is 5.94. The molecule has 2 aromatic heterocycles. The first kappa shape index (κ1) is 22.1. The summed E-state index contributed by atoms with van der Waals surface area (Å²) in [6.45, 7) is 7.14. The topological polar surface area (TPSA) is 87.9 Å². The number of fused-ring (bicyclic) bond motifs is 1. The summed E-state index contributed by atoms with van der Waals surface area (Å²) < 4.78 is 5.44. The molecule has 0 saturated carbocycles. The average molecular weight is 437 g/mol. The molecule has 0 saturated heterocycles. The number of carbonyl (C=O) groups excluding carboxylic acids is 1. The Balaban J connectivity index is 1.51. The van der Waals surface area contributed by atoms with E-state index in [2.05, 4.69) is 22.9 Å². The van der Waals surface area contributed by atoms with Crippen LogP contribution in [0.5, 0.6) is 0 Å². The van der Waals surface area contributed by atoms with Crippen molar-refractivity contribution in [2.24, 2.45) is 0 Å². The maximum absolute atomic E-state index is 12.7. The van der Waals surface area contributed by atoms with Gasteiger partial charge in [0.15, 0.2) is 0 Å². The van der Waals surface area contributed by atoms with Crippen LogP contribution in [0.3, 0.4) is 0 Å². The summed E-state index contributed by atoms with van der Waals surface area (Å²) in [6, 6.07) is 15.5. The van der Waals surface area contributed by atoms with Gasteiger partial charge in [-0.1, -0.05) is 24.8 Å². The summed E-state index contributed by atoms with van der Waals surface area (Å²) in [5.74, 6) is -0.568. The predicted octanol–water partition coefficient (Wildman–Crippen LogP) is 2.85. The van der Waals surface area contributed by atoms with Gasteiger partial charge in [0.2, 0.25) is 0 Å². The Hall–Kier alpha value is -4.08. The first-order valence-corrected chi connectivity index (χ1v) is 10.7. The molecule has 1 unspecified atom stereocenters. The lowest BCUT2D eigenvalue weighted by atomic mass is 9.92. The number of amides is 1. The van der Waals surface area contributed by atoms with Crippen molar-refractivity contribution in [1.82, 2.24) is 15.3 Å². The number of nitrogens with one attached hydrogen (secondary N) is 1. The third-order valence-corrected chi connectivity index (χ3v) is 5.52. The third kappa shape index (κ3) is 5.05. The van der Waals surface area contributed by atoms with Crippen LogP contribution in [0.2, 0.25) is 0 Å². The fourth-order valence-corrected chi connectivity index (χ4v) is 3.74. The van der Waals surface area contributed by atoms with Gasteiger partial charge in [0.05, 0.1) is 36.2 Å². The second-order valence-corrected chi connectivity index (χ2v) is 7.80. The molecule has 0 spiro atoms. The van der Waals surface area contributed by atoms with E-state index in [1.165, 1.54) is 0 Å². The highest BCUT2D eigenvalue weighted by Gasteiger charge is 2.21. The molecule has 0 fully saturated rings. The van der Waals surface area contributed by atoms with Crippen molar-refractivity contribution < 1.29 is 9.53 Å². The first-order valence-electron chi connectivity index (χ1n) is 10.7. The fourth-order valence-electron chi connectivity index (χ4n) is 3.74. The average Bonchev–Trinajstić information content (AvgIpc) is 2.87. The SMILES string of the molecule is C=C(/C=c1/nc(-c2cccnc2)cc/c1=C/C)CNC(=O)c1ccc2c(c1)C(C#N)COC2. The van der Waals surface area contributed by atoms with Gasteiger partial charge in [-0.3, -0.25) is 9.78 Å². The van der Waals surface area contributed by atoms with Gasteiger partial charge in [-0.25, -0.2) is 4.98 Å². The molecule has 1 aliphatic heterocycles. The van der Waals surface area contributed by atoms with Crippen molar-refractivity contribution >= 4 is 18.1 Å². The van der Waals surface area contributed by atoms with Gasteiger partial charge in [-0.05, 0) is 65.3 Å².